The minimum atomic E-state index is 0.374. The van der Waals surface area contributed by atoms with Crippen LogP contribution in [0, 0.1) is 11.3 Å². The molecule has 0 aromatic heterocycles. The second kappa shape index (κ2) is 8.79. The summed E-state index contributed by atoms with van der Waals surface area (Å²) in [6.07, 6.45) is 2.40. The quantitative estimate of drug-likeness (QED) is 0.764. The van der Waals surface area contributed by atoms with Crippen LogP contribution < -0.4 is 19.1 Å². The van der Waals surface area contributed by atoms with Gasteiger partial charge in [-0.1, -0.05) is 12.1 Å². The van der Waals surface area contributed by atoms with Crippen LogP contribution in [0.25, 0.3) is 0 Å². The van der Waals surface area contributed by atoms with Crippen molar-refractivity contribution in [3.8, 4) is 23.3 Å². The van der Waals surface area contributed by atoms with E-state index in [0.717, 1.165) is 36.6 Å². The van der Waals surface area contributed by atoms with Crippen molar-refractivity contribution in [2.75, 3.05) is 34.4 Å². The van der Waals surface area contributed by atoms with Gasteiger partial charge in [0.25, 0.3) is 0 Å². The van der Waals surface area contributed by atoms with Gasteiger partial charge >= 0.3 is 0 Å². The van der Waals surface area contributed by atoms with E-state index in [9.17, 15) is 0 Å². The maximum absolute atomic E-state index is 8.60. The molecular formula is C22H27N2O3+. The van der Waals surface area contributed by atoms with Crippen molar-refractivity contribution in [1.82, 2.24) is 0 Å². The van der Waals surface area contributed by atoms with Crippen molar-refractivity contribution in [2.45, 2.75) is 25.3 Å². The van der Waals surface area contributed by atoms with Gasteiger partial charge in [0, 0.05) is 18.4 Å². The Morgan fingerprint density at radius 2 is 1.81 bits per heavy atom. The number of methoxy groups -OCH3 is 2. The second-order valence-corrected chi connectivity index (χ2v) is 6.91. The summed E-state index contributed by atoms with van der Waals surface area (Å²) in [5.74, 6) is 2.40. The highest BCUT2D eigenvalue weighted by Gasteiger charge is 2.30. The first-order valence-electron chi connectivity index (χ1n) is 9.32. The van der Waals surface area contributed by atoms with Gasteiger partial charge in [0.05, 0.1) is 40.3 Å². The van der Waals surface area contributed by atoms with Crippen LogP contribution in [0.4, 0.5) is 0 Å². The Morgan fingerprint density at radius 3 is 2.48 bits per heavy atom. The van der Waals surface area contributed by atoms with Crippen LogP contribution in [-0.4, -0.2) is 34.4 Å². The third-order valence-electron chi connectivity index (χ3n) is 5.25. The number of nitrogens with zero attached hydrogens (tertiary/aromatic N) is 1. The zero-order valence-corrected chi connectivity index (χ0v) is 16.2. The lowest BCUT2D eigenvalue weighted by molar-refractivity contribution is -0.914. The van der Waals surface area contributed by atoms with Gasteiger partial charge in [-0.25, -0.2) is 0 Å². The van der Waals surface area contributed by atoms with Crippen molar-refractivity contribution < 1.29 is 19.1 Å². The van der Waals surface area contributed by atoms with Gasteiger partial charge in [-0.15, -0.1) is 0 Å². The first kappa shape index (κ1) is 19.1. The lowest BCUT2D eigenvalue weighted by Crippen LogP contribution is -3.10. The molecule has 1 aliphatic rings. The summed E-state index contributed by atoms with van der Waals surface area (Å²) in [5, 5.41) is 8.60. The smallest absolute Gasteiger partial charge is 0.161 e. The fraction of sp³-hybridized carbons (Fsp3) is 0.409. The van der Waals surface area contributed by atoms with E-state index in [1.54, 1.807) is 14.2 Å². The number of hydrogen-bond donors (Lipinski definition) is 1. The van der Waals surface area contributed by atoms with Gasteiger partial charge < -0.3 is 19.1 Å². The number of quaternary nitrogens is 1. The minimum Gasteiger partial charge on any atom is -0.493 e. The van der Waals surface area contributed by atoms with E-state index >= 15 is 0 Å². The standard InChI is InChI=1S/C22H26N2O3/c1-24-11-9-17-14-21(25-2)22(26-3)15-19(17)20(24)13-16-5-7-18(8-6-16)27-12-4-10-23/h5-8,14-15,20H,4,9,11-13H2,1-3H3/p+1/t20-/m1/s1. The first-order chi connectivity index (χ1) is 13.2. The monoisotopic (exact) mass is 367 g/mol. The first-order valence-corrected chi connectivity index (χ1v) is 9.32. The van der Waals surface area contributed by atoms with E-state index in [-0.39, 0.29) is 0 Å². The predicted molar refractivity (Wildman–Crippen MR) is 104 cm³/mol. The average molecular weight is 367 g/mol. The van der Waals surface area contributed by atoms with Gasteiger partial charge in [0.1, 0.15) is 18.4 Å². The fourth-order valence-electron chi connectivity index (χ4n) is 3.71. The van der Waals surface area contributed by atoms with Crippen LogP contribution in [0.3, 0.4) is 0 Å². The summed E-state index contributed by atoms with van der Waals surface area (Å²) in [6.45, 7) is 1.53. The summed E-state index contributed by atoms with van der Waals surface area (Å²) < 4.78 is 16.6. The molecule has 142 valence electrons. The molecule has 0 fully saturated rings. The molecule has 0 amide bonds. The summed E-state index contributed by atoms with van der Waals surface area (Å²) >= 11 is 0. The molecule has 0 saturated heterocycles. The molecule has 1 aliphatic heterocycles. The van der Waals surface area contributed by atoms with Crippen LogP contribution in [0.2, 0.25) is 0 Å². The zero-order valence-electron chi connectivity index (χ0n) is 16.2. The molecular weight excluding hydrogens is 340 g/mol. The van der Waals surface area contributed by atoms with Crippen LogP contribution >= 0.6 is 0 Å². The molecule has 3 rings (SSSR count). The molecule has 27 heavy (non-hydrogen) atoms. The third-order valence-corrected chi connectivity index (χ3v) is 5.25. The van der Waals surface area contributed by atoms with Crippen LogP contribution in [-0.2, 0) is 12.8 Å². The second-order valence-electron chi connectivity index (χ2n) is 6.91. The molecule has 5 heteroatoms. The molecule has 0 bridgehead atoms. The van der Waals surface area contributed by atoms with Crippen molar-refractivity contribution in [1.29, 1.82) is 5.26 Å². The normalized spacial score (nSPS) is 18.3. The number of nitriles is 1. The molecule has 2 aromatic carbocycles. The Morgan fingerprint density at radius 1 is 1.11 bits per heavy atom. The average Bonchev–Trinajstić information content (AvgIpc) is 2.70. The molecule has 2 aromatic rings. The third kappa shape index (κ3) is 4.35. The molecule has 2 atom stereocenters. The summed E-state index contributed by atoms with van der Waals surface area (Å²) in [5.41, 5.74) is 3.96. The van der Waals surface area contributed by atoms with Crippen molar-refractivity contribution in [3.63, 3.8) is 0 Å². The Balaban J connectivity index is 1.80. The van der Waals surface area contributed by atoms with Gasteiger partial charge in [-0.05, 0) is 35.4 Å². The van der Waals surface area contributed by atoms with E-state index in [2.05, 4.69) is 37.4 Å². The summed E-state index contributed by atoms with van der Waals surface area (Å²) in [6, 6.07) is 14.9. The lowest BCUT2D eigenvalue weighted by Gasteiger charge is -2.32. The molecule has 0 spiro atoms. The zero-order chi connectivity index (χ0) is 19.2. The summed E-state index contributed by atoms with van der Waals surface area (Å²) in [7, 11) is 5.62. The summed E-state index contributed by atoms with van der Waals surface area (Å²) in [4.78, 5) is 1.50. The SMILES string of the molecule is COc1cc2c(cc1OC)[C@@H](Cc1ccc(OCCC#N)cc1)[NH+](C)CC2. The van der Waals surface area contributed by atoms with E-state index in [4.69, 9.17) is 19.5 Å². The maximum atomic E-state index is 8.60. The number of rotatable bonds is 7. The van der Waals surface area contributed by atoms with E-state index < -0.39 is 0 Å². The highest BCUT2D eigenvalue weighted by atomic mass is 16.5. The highest BCUT2D eigenvalue weighted by molar-refractivity contribution is 5.49. The molecule has 1 N–H and O–H groups in total. The van der Waals surface area contributed by atoms with Crippen LogP contribution in [0.5, 0.6) is 17.2 Å². The number of fused-ring (bicyclic) bond motifs is 1. The largest absolute Gasteiger partial charge is 0.493 e. The number of hydrogen-bond acceptors (Lipinski definition) is 4. The van der Waals surface area contributed by atoms with Crippen molar-refractivity contribution in [3.05, 3.63) is 53.1 Å². The van der Waals surface area contributed by atoms with Gasteiger partial charge in [-0.3, -0.25) is 0 Å². The van der Waals surface area contributed by atoms with E-state index in [1.165, 1.54) is 21.6 Å². The van der Waals surface area contributed by atoms with E-state index in [0.29, 0.717) is 19.1 Å². The number of ether oxygens (including phenoxy) is 3. The Kier molecular flexibility index (Phi) is 6.20. The Bertz CT molecular complexity index is 812. The molecule has 0 saturated carbocycles. The molecule has 0 aliphatic carbocycles. The van der Waals surface area contributed by atoms with Gasteiger partial charge in [0.2, 0.25) is 0 Å². The highest BCUT2D eigenvalue weighted by Crippen LogP contribution is 2.35. The lowest BCUT2D eigenvalue weighted by atomic mass is 9.88. The number of nitrogens with one attached hydrogen (secondary N) is 1. The Hall–Kier alpha value is -2.71. The minimum absolute atomic E-state index is 0.374. The van der Waals surface area contributed by atoms with Gasteiger partial charge in [-0.2, -0.15) is 5.26 Å². The maximum Gasteiger partial charge on any atom is 0.161 e. The van der Waals surface area contributed by atoms with Crippen LogP contribution in [0.15, 0.2) is 36.4 Å². The van der Waals surface area contributed by atoms with Gasteiger partial charge in [0.15, 0.2) is 11.5 Å². The number of likely N-dealkylation sites (N-methyl/N-ethyl adjacent to an activating group) is 1. The fourth-order valence-corrected chi connectivity index (χ4v) is 3.71. The topological polar surface area (TPSA) is 55.9 Å². The van der Waals surface area contributed by atoms with Crippen molar-refractivity contribution >= 4 is 0 Å². The Labute approximate surface area is 161 Å². The number of benzene rings is 2. The molecule has 5 nitrogen and oxygen atoms in total. The molecule has 1 unspecified atom stereocenters. The van der Waals surface area contributed by atoms with Crippen LogP contribution in [0.1, 0.15) is 29.2 Å². The van der Waals surface area contributed by atoms with E-state index in [1.807, 2.05) is 12.1 Å². The molecule has 0 radical (unpaired) electrons. The molecule has 1 heterocycles. The predicted octanol–water partition coefficient (Wildman–Crippen LogP) is 2.35. The van der Waals surface area contributed by atoms with Crippen molar-refractivity contribution in [2.24, 2.45) is 0 Å².